The number of hydrogen-bond donors (Lipinski definition) is 1. The number of rotatable bonds is 3. The van der Waals surface area contributed by atoms with Gasteiger partial charge in [-0.15, -0.1) is 0 Å². The van der Waals surface area contributed by atoms with Crippen molar-refractivity contribution in [2.75, 3.05) is 7.11 Å². The Kier molecular flexibility index (Phi) is 4.26. The largest absolute Gasteiger partial charge is 0.496 e. The molecular weight excluding hydrogens is 302 g/mol. The third-order valence-corrected chi connectivity index (χ3v) is 4.99. The molecule has 0 aromatic heterocycles. The Labute approximate surface area is 124 Å². The van der Waals surface area contributed by atoms with E-state index in [2.05, 4.69) is 41.9 Å². The summed E-state index contributed by atoms with van der Waals surface area (Å²) in [6, 6.07) is 6.26. The fourth-order valence-electron chi connectivity index (χ4n) is 2.83. The first-order valence-electron chi connectivity index (χ1n) is 6.95. The summed E-state index contributed by atoms with van der Waals surface area (Å²) in [6.07, 6.45) is 5.63. The van der Waals surface area contributed by atoms with Gasteiger partial charge in [-0.25, -0.2) is 0 Å². The molecule has 0 atom stereocenters. The van der Waals surface area contributed by atoms with E-state index in [-0.39, 0.29) is 5.54 Å². The summed E-state index contributed by atoms with van der Waals surface area (Å²) in [6.45, 7) is 4.69. The molecule has 0 spiro atoms. The van der Waals surface area contributed by atoms with E-state index in [0.29, 0.717) is 5.41 Å². The van der Waals surface area contributed by atoms with Crippen molar-refractivity contribution in [3.05, 3.63) is 28.2 Å². The topological polar surface area (TPSA) is 35.2 Å². The number of halogens is 1. The molecule has 1 aromatic carbocycles. The fraction of sp³-hybridized carbons (Fsp3) is 0.625. The van der Waals surface area contributed by atoms with Crippen LogP contribution in [0.5, 0.6) is 5.75 Å². The molecule has 0 heterocycles. The van der Waals surface area contributed by atoms with Gasteiger partial charge in [0, 0.05) is 5.54 Å². The van der Waals surface area contributed by atoms with Crippen molar-refractivity contribution in [1.29, 1.82) is 0 Å². The van der Waals surface area contributed by atoms with E-state index in [1.807, 2.05) is 6.07 Å². The number of benzene rings is 1. The van der Waals surface area contributed by atoms with Crippen molar-refractivity contribution in [1.82, 2.24) is 0 Å². The molecule has 106 valence electrons. The summed E-state index contributed by atoms with van der Waals surface area (Å²) in [5, 5.41) is 0. The summed E-state index contributed by atoms with van der Waals surface area (Å²) in [5.41, 5.74) is 8.30. The molecule has 1 aliphatic carbocycles. The minimum Gasteiger partial charge on any atom is -0.496 e. The zero-order chi connectivity index (χ0) is 14.1. The predicted octanol–water partition coefficient (Wildman–Crippen LogP) is 4.30. The summed E-state index contributed by atoms with van der Waals surface area (Å²) in [7, 11) is 1.69. The maximum atomic E-state index is 6.59. The van der Waals surface area contributed by atoms with E-state index in [9.17, 15) is 0 Å². The molecule has 0 saturated heterocycles. The van der Waals surface area contributed by atoms with Crippen molar-refractivity contribution in [3.63, 3.8) is 0 Å². The SMILES string of the molecule is COc1ccc(CC2(N)CCC(C)(C)CC2)cc1Br. The molecule has 1 aliphatic rings. The van der Waals surface area contributed by atoms with Crippen LogP contribution in [0.4, 0.5) is 0 Å². The highest BCUT2D eigenvalue weighted by Crippen LogP contribution is 2.40. The van der Waals surface area contributed by atoms with Crippen LogP contribution in [-0.4, -0.2) is 12.6 Å². The average molecular weight is 326 g/mol. The second kappa shape index (κ2) is 5.45. The Morgan fingerprint density at radius 2 is 1.84 bits per heavy atom. The lowest BCUT2D eigenvalue weighted by Crippen LogP contribution is -2.46. The van der Waals surface area contributed by atoms with Crippen LogP contribution in [0.1, 0.15) is 45.1 Å². The van der Waals surface area contributed by atoms with Gasteiger partial charge in [0.25, 0.3) is 0 Å². The van der Waals surface area contributed by atoms with Crippen molar-refractivity contribution in [3.8, 4) is 5.75 Å². The van der Waals surface area contributed by atoms with Crippen LogP contribution in [0.25, 0.3) is 0 Å². The highest BCUT2D eigenvalue weighted by molar-refractivity contribution is 9.10. The van der Waals surface area contributed by atoms with E-state index in [4.69, 9.17) is 10.5 Å². The van der Waals surface area contributed by atoms with Gasteiger partial charge in [0.2, 0.25) is 0 Å². The number of hydrogen-bond acceptors (Lipinski definition) is 2. The summed E-state index contributed by atoms with van der Waals surface area (Å²) >= 11 is 3.54. The lowest BCUT2D eigenvalue weighted by atomic mass is 9.68. The first kappa shape index (κ1) is 14.9. The monoisotopic (exact) mass is 325 g/mol. The van der Waals surface area contributed by atoms with Crippen LogP contribution in [0.3, 0.4) is 0 Å². The van der Waals surface area contributed by atoms with E-state index in [1.54, 1.807) is 7.11 Å². The fourth-order valence-corrected chi connectivity index (χ4v) is 3.42. The van der Waals surface area contributed by atoms with Crippen molar-refractivity contribution < 1.29 is 4.74 Å². The van der Waals surface area contributed by atoms with E-state index >= 15 is 0 Å². The number of methoxy groups -OCH3 is 1. The van der Waals surface area contributed by atoms with E-state index in [1.165, 1.54) is 18.4 Å². The molecule has 0 radical (unpaired) electrons. The molecular formula is C16H24BrNO. The van der Waals surface area contributed by atoms with Gasteiger partial charge in [0.05, 0.1) is 11.6 Å². The maximum absolute atomic E-state index is 6.59. The Hall–Kier alpha value is -0.540. The normalized spacial score (nSPS) is 21.1. The van der Waals surface area contributed by atoms with Gasteiger partial charge in [-0.1, -0.05) is 19.9 Å². The smallest absolute Gasteiger partial charge is 0.133 e. The van der Waals surface area contributed by atoms with Gasteiger partial charge in [-0.2, -0.15) is 0 Å². The number of ether oxygens (including phenoxy) is 1. The Balaban J connectivity index is 2.07. The molecule has 19 heavy (non-hydrogen) atoms. The summed E-state index contributed by atoms with van der Waals surface area (Å²) in [4.78, 5) is 0. The molecule has 0 unspecified atom stereocenters. The Bertz CT molecular complexity index is 446. The van der Waals surface area contributed by atoms with Crippen LogP contribution < -0.4 is 10.5 Å². The zero-order valence-electron chi connectivity index (χ0n) is 12.1. The first-order chi connectivity index (χ1) is 8.84. The average Bonchev–Trinajstić information content (AvgIpc) is 2.34. The van der Waals surface area contributed by atoms with Gasteiger partial charge in [0.1, 0.15) is 5.75 Å². The van der Waals surface area contributed by atoms with Crippen LogP contribution >= 0.6 is 15.9 Å². The third-order valence-electron chi connectivity index (χ3n) is 4.37. The summed E-state index contributed by atoms with van der Waals surface area (Å²) in [5.74, 6) is 0.875. The zero-order valence-corrected chi connectivity index (χ0v) is 13.7. The minimum atomic E-state index is -0.0381. The van der Waals surface area contributed by atoms with Crippen LogP contribution in [0.2, 0.25) is 0 Å². The van der Waals surface area contributed by atoms with Gasteiger partial charge in [0.15, 0.2) is 0 Å². The molecule has 1 aromatic rings. The summed E-state index contributed by atoms with van der Waals surface area (Å²) < 4.78 is 6.27. The minimum absolute atomic E-state index is 0.0381. The molecule has 1 saturated carbocycles. The predicted molar refractivity (Wildman–Crippen MR) is 83.6 cm³/mol. The maximum Gasteiger partial charge on any atom is 0.133 e. The molecule has 1 fully saturated rings. The van der Waals surface area contributed by atoms with Gasteiger partial charge in [-0.3, -0.25) is 0 Å². The molecule has 0 bridgehead atoms. The van der Waals surface area contributed by atoms with Crippen molar-refractivity contribution in [2.24, 2.45) is 11.1 Å². The lowest BCUT2D eigenvalue weighted by molar-refractivity contribution is 0.164. The third kappa shape index (κ3) is 3.73. The molecule has 2 N–H and O–H groups in total. The standard InChI is InChI=1S/C16H24BrNO/c1-15(2)6-8-16(18,9-7-15)11-12-4-5-14(19-3)13(17)10-12/h4-5,10H,6-9,11,18H2,1-3H3. The molecule has 2 nitrogen and oxygen atoms in total. The van der Waals surface area contributed by atoms with Crippen LogP contribution in [0.15, 0.2) is 22.7 Å². The quantitative estimate of drug-likeness (QED) is 0.899. The highest BCUT2D eigenvalue weighted by atomic mass is 79.9. The Morgan fingerprint density at radius 3 is 2.37 bits per heavy atom. The highest BCUT2D eigenvalue weighted by Gasteiger charge is 2.35. The van der Waals surface area contributed by atoms with E-state index < -0.39 is 0 Å². The molecule has 0 aliphatic heterocycles. The van der Waals surface area contributed by atoms with Crippen LogP contribution in [-0.2, 0) is 6.42 Å². The van der Waals surface area contributed by atoms with Crippen LogP contribution in [0, 0.1) is 5.41 Å². The van der Waals surface area contributed by atoms with Gasteiger partial charge >= 0.3 is 0 Å². The second-order valence-corrected chi connectivity index (χ2v) is 7.53. The van der Waals surface area contributed by atoms with Crippen molar-refractivity contribution >= 4 is 15.9 Å². The first-order valence-corrected chi connectivity index (χ1v) is 7.74. The van der Waals surface area contributed by atoms with Gasteiger partial charge in [-0.05, 0) is 71.1 Å². The van der Waals surface area contributed by atoms with Gasteiger partial charge < -0.3 is 10.5 Å². The van der Waals surface area contributed by atoms with Crippen molar-refractivity contribution in [2.45, 2.75) is 51.5 Å². The molecule has 0 amide bonds. The Morgan fingerprint density at radius 1 is 1.21 bits per heavy atom. The second-order valence-electron chi connectivity index (χ2n) is 6.67. The molecule has 3 heteroatoms. The lowest BCUT2D eigenvalue weighted by Gasteiger charge is -2.41. The number of nitrogens with two attached hydrogens (primary N) is 1. The van der Waals surface area contributed by atoms with E-state index in [0.717, 1.165) is 29.5 Å². The molecule has 2 rings (SSSR count).